The zero-order valence-electron chi connectivity index (χ0n) is 12.5. The van der Waals surface area contributed by atoms with E-state index in [0.29, 0.717) is 23.6 Å². The minimum Gasteiger partial charge on any atom is -0.485 e. The molecule has 2 rings (SSSR count). The van der Waals surface area contributed by atoms with Gasteiger partial charge < -0.3 is 14.8 Å². The van der Waals surface area contributed by atoms with Crippen LogP contribution in [0.4, 0.5) is 0 Å². The first-order chi connectivity index (χ1) is 10.1. The van der Waals surface area contributed by atoms with Gasteiger partial charge in [-0.05, 0) is 25.5 Å². The highest BCUT2D eigenvalue weighted by molar-refractivity contribution is 6.02. The molecule has 0 saturated heterocycles. The molecule has 1 aromatic carbocycles. The van der Waals surface area contributed by atoms with Crippen molar-refractivity contribution in [1.82, 2.24) is 5.32 Å². The van der Waals surface area contributed by atoms with Crippen molar-refractivity contribution >= 4 is 11.7 Å². The summed E-state index contributed by atoms with van der Waals surface area (Å²) in [6, 6.07) is 5.01. The Morgan fingerprint density at radius 1 is 1.43 bits per heavy atom. The summed E-state index contributed by atoms with van der Waals surface area (Å²) in [5, 5.41) is 2.85. The molecule has 0 bridgehead atoms. The number of fused-ring (bicyclic) bond motifs is 1. The number of ether oxygens (including phenoxy) is 2. The summed E-state index contributed by atoms with van der Waals surface area (Å²) in [5.74, 6) is 0.884. The van der Waals surface area contributed by atoms with E-state index >= 15 is 0 Å². The monoisotopic (exact) mass is 291 g/mol. The lowest BCUT2D eigenvalue weighted by Gasteiger charge is -2.15. The van der Waals surface area contributed by atoms with Crippen molar-refractivity contribution in [2.24, 2.45) is 0 Å². The predicted octanol–water partition coefficient (Wildman–Crippen LogP) is 2.34. The lowest BCUT2D eigenvalue weighted by Crippen LogP contribution is -2.36. The fourth-order valence-corrected chi connectivity index (χ4v) is 2.13. The summed E-state index contributed by atoms with van der Waals surface area (Å²) in [5.41, 5.74) is 0.569. The van der Waals surface area contributed by atoms with Gasteiger partial charge in [-0.1, -0.05) is 19.8 Å². The smallest absolute Gasteiger partial charge is 0.260 e. The number of carbonyl (C=O) groups is 2. The van der Waals surface area contributed by atoms with E-state index in [1.54, 1.807) is 25.1 Å². The molecule has 21 heavy (non-hydrogen) atoms. The first kappa shape index (κ1) is 15.4. The maximum atomic E-state index is 11.9. The number of nitrogens with one attached hydrogen (secondary N) is 1. The van der Waals surface area contributed by atoms with Gasteiger partial charge in [-0.25, -0.2) is 0 Å². The van der Waals surface area contributed by atoms with Gasteiger partial charge >= 0.3 is 0 Å². The third kappa shape index (κ3) is 3.97. The van der Waals surface area contributed by atoms with Crippen LogP contribution < -0.4 is 14.8 Å². The number of hydrogen-bond donors (Lipinski definition) is 1. The van der Waals surface area contributed by atoms with E-state index in [2.05, 4.69) is 12.2 Å². The normalized spacial score (nSPS) is 14.3. The number of Topliss-reactive ketones (excluding diaryl/α,β-unsaturated/α-hetero) is 1. The molecule has 1 unspecified atom stereocenters. The molecule has 1 atom stereocenters. The highest BCUT2D eigenvalue weighted by atomic mass is 16.5. The van der Waals surface area contributed by atoms with Gasteiger partial charge in [0.05, 0.1) is 5.56 Å². The molecule has 5 nitrogen and oxygen atoms in total. The second-order valence-corrected chi connectivity index (χ2v) is 5.13. The number of ketones is 1. The summed E-state index contributed by atoms with van der Waals surface area (Å²) in [6.45, 7) is 4.57. The number of rotatable bonds is 7. The van der Waals surface area contributed by atoms with E-state index in [0.717, 1.165) is 19.3 Å². The molecule has 0 fully saturated rings. The van der Waals surface area contributed by atoms with Crippen molar-refractivity contribution in [1.29, 1.82) is 0 Å². The molecule has 1 aliphatic heterocycles. The van der Waals surface area contributed by atoms with Crippen LogP contribution in [0.3, 0.4) is 0 Å². The van der Waals surface area contributed by atoms with Gasteiger partial charge in [-0.3, -0.25) is 9.59 Å². The molecule has 5 heteroatoms. The van der Waals surface area contributed by atoms with Crippen molar-refractivity contribution in [3.8, 4) is 11.5 Å². The van der Waals surface area contributed by atoms with Gasteiger partial charge in [-0.2, -0.15) is 0 Å². The van der Waals surface area contributed by atoms with Crippen LogP contribution in [0, 0.1) is 0 Å². The van der Waals surface area contributed by atoms with Gasteiger partial charge in [0.1, 0.15) is 11.5 Å². The maximum absolute atomic E-state index is 11.9. The van der Waals surface area contributed by atoms with E-state index in [4.69, 9.17) is 9.47 Å². The predicted molar refractivity (Wildman–Crippen MR) is 78.9 cm³/mol. The zero-order chi connectivity index (χ0) is 15.2. The summed E-state index contributed by atoms with van der Waals surface area (Å²) < 4.78 is 10.8. The number of hydrogen-bond acceptors (Lipinski definition) is 4. The zero-order valence-corrected chi connectivity index (χ0v) is 12.5. The van der Waals surface area contributed by atoms with E-state index < -0.39 is 6.10 Å². The fourth-order valence-electron chi connectivity index (χ4n) is 2.13. The molecule has 0 aliphatic carbocycles. The van der Waals surface area contributed by atoms with Crippen LogP contribution in [0.1, 0.15) is 43.5 Å². The first-order valence-corrected chi connectivity index (χ1v) is 7.36. The van der Waals surface area contributed by atoms with Crippen LogP contribution in [0.2, 0.25) is 0 Å². The molecular weight excluding hydrogens is 270 g/mol. The van der Waals surface area contributed by atoms with Crippen LogP contribution in [0.25, 0.3) is 0 Å². The number of amides is 1. The third-order valence-electron chi connectivity index (χ3n) is 3.37. The van der Waals surface area contributed by atoms with Crippen molar-refractivity contribution in [3.63, 3.8) is 0 Å². The Balaban J connectivity index is 1.86. The molecule has 1 aliphatic rings. The molecule has 1 aromatic rings. The van der Waals surface area contributed by atoms with Crippen molar-refractivity contribution < 1.29 is 19.1 Å². The lowest BCUT2D eigenvalue weighted by atomic mass is 10.1. The standard InChI is InChI=1S/C16H21NO4/c1-3-4-5-8-17-16(19)11(2)21-12-6-7-13-14(18)10-20-15(13)9-12/h6-7,9,11H,3-5,8,10H2,1-2H3,(H,17,19). The summed E-state index contributed by atoms with van der Waals surface area (Å²) in [6.07, 6.45) is 2.62. The molecule has 0 radical (unpaired) electrons. The molecular formula is C16H21NO4. The van der Waals surface area contributed by atoms with Crippen LogP contribution >= 0.6 is 0 Å². The highest BCUT2D eigenvalue weighted by Crippen LogP contribution is 2.29. The summed E-state index contributed by atoms with van der Waals surface area (Å²) in [4.78, 5) is 23.3. The molecule has 0 spiro atoms. The fraction of sp³-hybridized carbons (Fsp3) is 0.500. The van der Waals surface area contributed by atoms with Gasteiger partial charge in [0.15, 0.2) is 12.7 Å². The molecule has 1 amide bonds. The molecule has 1 N–H and O–H groups in total. The Morgan fingerprint density at radius 3 is 3.00 bits per heavy atom. The average molecular weight is 291 g/mol. The SMILES string of the molecule is CCCCCNC(=O)C(C)Oc1ccc2c(c1)OCC2=O. The Hall–Kier alpha value is -2.04. The topological polar surface area (TPSA) is 64.6 Å². The largest absolute Gasteiger partial charge is 0.485 e. The quantitative estimate of drug-likeness (QED) is 0.783. The first-order valence-electron chi connectivity index (χ1n) is 7.36. The van der Waals surface area contributed by atoms with Gasteiger partial charge in [-0.15, -0.1) is 0 Å². The maximum Gasteiger partial charge on any atom is 0.260 e. The van der Waals surface area contributed by atoms with Crippen molar-refractivity contribution in [2.75, 3.05) is 13.2 Å². The lowest BCUT2D eigenvalue weighted by molar-refractivity contribution is -0.127. The average Bonchev–Trinajstić information content (AvgIpc) is 2.84. The Morgan fingerprint density at radius 2 is 2.24 bits per heavy atom. The number of unbranched alkanes of at least 4 members (excludes halogenated alkanes) is 2. The highest BCUT2D eigenvalue weighted by Gasteiger charge is 2.22. The molecule has 0 saturated carbocycles. The van der Waals surface area contributed by atoms with E-state index in [9.17, 15) is 9.59 Å². The van der Waals surface area contributed by atoms with Crippen LogP contribution in [-0.4, -0.2) is 30.9 Å². The van der Waals surface area contributed by atoms with Crippen molar-refractivity contribution in [3.05, 3.63) is 23.8 Å². The van der Waals surface area contributed by atoms with Gasteiger partial charge in [0.25, 0.3) is 5.91 Å². The minimum atomic E-state index is -0.582. The van der Waals surface area contributed by atoms with E-state index in [-0.39, 0.29) is 18.3 Å². The molecule has 114 valence electrons. The summed E-state index contributed by atoms with van der Waals surface area (Å²) >= 11 is 0. The van der Waals surface area contributed by atoms with Crippen LogP contribution in [-0.2, 0) is 4.79 Å². The Bertz CT molecular complexity index is 527. The van der Waals surface area contributed by atoms with Crippen LogP contribution in [0.15, 0.2) is 18.2 Å². The molecule has 1 heterocycles. The second-order valence-electron chi connectivity index (χ2n) is 5.13. The third-order valence-corrected chi connectivity index (χ3v) is 3.37. The number of benzene rings is 1. The number of carbonyl (C=O) groups excluding carboxylic acids is 2. The Kier molecular flexibility index (Phi) is 5.20. The Labute approximate surface area is 124 Å². The summed E-state index contributed by atoms with van der Waals surface area (Å²) in [7, 11) is 0. The second kappa shape index (κ2) is 7.11. The van der Waals surface area contributed by atoms with E-state index in [1.165, 1.54) is 0 Å². The van der Waals surface area contributed by atoms with Gasteiger partial charge in [0, 0.05) is 12.6 Å². The minimum absolute atomic E-state index is 0.0294. The van der Waals surface area contributed by atoms with Crippen LogP contribution in [0.5, 0.6) is 11.5 Å². The van der Waals surface area contributed by atoms with Gasteiger partial charge in [0.2, 0.25) is 5.78 Å². The molecule has 0 aromatic heterocycles. The van der Waals surface area contributed by atoms with E-state index in [1.807, 2.05) is 0 Å². The van der Waals surface area contributed by atoms with Crippen molar-refractivity contribution in [2.45, 2.75) is 39.2 Å².